The van der Waals surface area contributed by atoms with Gasteiger partial charge in [-0.15, -0.1) is 0 Å². The summed E-state index contributed by atoms with van der Waals surface area (Å²) in [5.41, 5.74) is 0.455. The van der Waals surface area contributed by atoms with Crippen LogP contribution >= 0.6 is 46.4 Å². The van der Waals surface area contributed by atoms with Crippen LogP contribution in [0.2, 0.25) is 20.1 Å². The summed E-state index contributed by atoms with van der Waals surface area (Å²) in [5.74, 6) is -0.368. The molecule has 0 aliphatic rings. The molecule has 2 aromatic rings. The van der Waals surface area contributed by atoms with Gasteiger partial charge in [-0.3, -0.25) is 4.79 Å². The molecule has 1 aromatic carbocycles. The second-order valence-electron chi connectivity index (χ2n) is 3.18. The Kier molecular flexibility index (Phi) is 3.69. The molecule has 2 nitrogen and oxygen atoms in total. The molecule has 88 valence electrons. The Bertz CT molecular complexity index is 576. The van der Waals surface area contributed by atoms with E-state index >= 15 is 0 Å². The van der Waals surface area contributed by atoms with E-state index in [2.05, 4.69) is 0 Å². The fourth-order valence-electron chi connectivity index (χ4n) is 1.31. The number of furan rings is 1. The van der Waals surface area contributed by atoms with Crippen molar-refractivity contribution in [3.05, 3.63) is 55.9 Å². The molecule has 0 atom stereocenters. The average molecular weight is 310 g/mol. The number of ketones is 1. The van der Waals surface area contributed by atoms with E-state index in [0.717, 1.165) is 0 Å². The number of hydrogen-bond acceptors (Lipinski definition) is 2. The quantitative estimate of drug-likeness (QED) is 0.437. The summed E-state index contributed by atoms with van der Waals surface area (Å²) >= 11 is 23.6. The third-order valence-electron chi connectivity index (χ3n) is 2.12. The lowest BCUT2D eigenvalue weighted by Crippen LogP contribution is -2.02. The third-order valence-corrected chi connectivity index (χ3v) is 3.68. The molecule has 17 heavy (non-hydrogen) atoms. The Morgan fingerprint density at radius 2 is 1.76 bits per heavy atom. The first-order valence-electron chi connectivity index (χ1n) is 4.42. The summed E-state index contributed by atoms with van der Waals surface area (Å²) in [7, 11) is 0. The van der Waals surface area contributed by atoms with Gasteiger partial charge in [-0.1, -0.05) is 46.4 Å². The minimum atomic E-state index is -0.368. The predicted octanol–water partition coefficient (Wildman–Crippen LogP) is 5.12. The fourth-order valence-corrected chi connectivity index (χ4v) is 2.40. The first-order valence-corrected chi connectivity index (χ1v) is 5.93. The van der Waals surface area contributed by atoms with Gasteiger partial charge in [0.15, 0.2) is 5.78 Å². The van der Waals surface area contributed by atoms with Gasteiger partial charge in [0.05, 0.1) is 37.5 Å². The Balaban J connectivity index is 2.61. The van der Waals surface area contributed by atoms with Gasteiger partial charge in [0.2, 0.25) is 0 Å². The summed E-state index contributed by atoms with van der Waals surface area (Å²) < 4.78 is 4.82. The van der Waals surface area contributed by atoms with Crippen molar-refractivity contribution in [1.82, 2.24) is 0 Å². The molecule has 2 rings (SSSR count). The van der Waals surface area contributed by atoms with Gasteiger partial charge >= 0.3 is 0 Å². The largest absolute Gasteiger partial charge is 0.472 e. The topological polar surface area (TPSA) is 30.2 Å². The molecule has 0 spiro atoms. The SMILES string of the molecule is O=C(c1ccoc1)c1c(Cl)cc(Cl)c(Cl)c1Cl. The van der Waals surface area contributed by atoms with Crippen molar-refractivity contribution in [3.63, 3.8) is 0 Å². The van der Waals surface area contributed by atoms with Crippen LogP contribution in [0.3, 0.4) is 0 Å². The Labute approximate surface area is 117 Å². The molecule has 0 fully saturated rings. The number of halogens is 4. The summed E-state index contributed by atoms with van der Waals surface area (Å²) in [6.45, 7) is 0. The second kappa shape index (κ2) is 4.91. The van der Waals surface area contributed by atoms with E-state index in [-0.39, 0.29) is 31.4 Å². The van der Waals surface area contributed by atoms with Crippen molar-refractivity contribution in [2.45, 2.75) is 0 Å². The van der Waals surface area contributed by atoms with Gasteiger partial charge in [0, 0.05) is 0 Å². The molecule has 0 amide bonds. The molecule has 1 aromatic heterocycles. The van der Waals surface area contributed by atoms with Gasteiger partial charge < -0.3 is 4.42 Å². The smallest absolute Gasteiger partial charge is 0.199 e. The van der Waals surface area contributed by atoms with Crippen LogP contribution in [0.25, 0.3) is 0 Å². The number of hydrogen-bond donors (Lipinski definition) is 0. The zero-order valence-electron chi connectivity index (χ0n) is 8.14. The number of benzene rings is 1. The number of carbonyl (C=O) groups is 1. The molecule has 0 bridgehead atoms. The first kappa shape index (κ1) is 12.8. The predicted molar refractivity (Wildman–Crippen MR) is 68.6 cm³/mol. The minimum Gasteiger partial charge on any atom is -0.472 e. The van der Waals surface area contributed by atoms with Crippen molar-refractivity contribution in [3.8, 4) is 0 Å². The summed E-state index contributed by atoms with van der Waals surface area (Å²) in [6.07, 6.45) is 2.68. The van der Waals surface area contributed by atoms with Crippen LogP contribution < -0.4 is 0 Å². The Morgan fingerprint density at radius 3 is 2.35 bits per heavy atom. The normalized spacial score (nSPS) is 10.6. The van der Waals surface area contributed by atoms with Crippen molar-refractivity contribution < 1.29 is 9.21 Å². The lowest BCUT2D eigenvalue weighted by atomic mass is 10.1. The maximum absolute atomic E-state index is 12.1. The molecular formula is C11H4Cl4O2. The van der Waals surface area contributed by atoms with Crippen LogP contribution in [0.5, 0.6) is 0 Å². The molecule has 0 saturated heterocycles. The summed E-state index contributed by atoms with van der Waals surface area (Å²) in [6, 6.07) is 2.89. The lowest BCUT2D eigenvalue weighted by Gasteiger charge is -2.07. The third kappa shape index (κ3) is 2.31. The van der Waals surface area contributed by atoms with E-state index < -0.39 is 0 Å². The van der Waals surface area contributed by atoms with Crippen molar-refractivity contribution in [2.24, 2.45) is 0 Å². The van der Waals surface area contributed by atoms with Crippen molar-refractivity contribution in [2.75, 3.05) is 0 Å². The van der Waals surface area contributed by atoms with Crippen LogP contribution in [0, 0.1) is 0 Å². The Morgan fingerprint density at radius 1 is 1.06 bits per heavy atom. The maximum atomic E-state index is 12.1. The molecule has 0 saturated carbocycles. The number of carbonyl (C=O) groups excluding carboxylic acids is 1. The van der Waals surface area contributed by atoms with Crippen LogP contribution in [0.4, 0.5) is 0 Å². The number of rotatable bonds is 2. The van der Waals surface area contributed by atoms with Gasteiger partial charge in [0.25, 0.3) is 0 Å². The highest BCUT2D eigenvalue weighted by molar-refractivity contribution is 6.51. The van der Waals surface area contributed by atoms with Gasteiger partial charge in [-0.2, -0.15) is 0 Å². The first-order chi connectivity index (χ1) is 8.02. The maximum Gasteiger partial charge on any atom is 0.199 e. The van der Waals surface area contributed by atoms with Crippen molar-refractivity contribution in [1.29, 1.82) is 0 Å². The molecular weight excluding hydrogens is 306 g/mol. The fraction of sp³-hybridized carbons (Fsp3) is 0. The summed E-state index contributed by atoms with van der Waals surface area (Å²) in [5, 5.41) is 0.487. The minimum absolute atomic E-state index is 0.0374. The molecule has 0 aliphatic carbocycles. The van der Waals surface area contributed by atoms with Crippen LogP contribution in [-0.4, -0.2) is 5.78 Å². The zero-order valence-corrected chi connectivity index (χ0v) is 11.2. The van der Waals surface area contributed by atoms with Crippen molar-refractivity contribution >= 4 is 52.2 Å². The highest BCUT2D eigenvalue weighted by Crippen LogP contribution is 2.38. The molecule has 0 radical (unpaired) electrons. The van der Waals surface area contributed by atoms with Gasteiger partial charge in [0.1, 0.15) is 6.26 Å². The molecule has 6 heteroatoms. The summed E-state index contributed by atoms with van der Waals surface area (Å²) in [4.78, 5) is 12.1. The van der Waals surface area contributed by atoms with Gasteiger partial charge in [-0.05, 0) is 12.1 Å². The average Bonchev–Trinajstić information content (AvgIpc) is 2.79. The van der Waals surface area contributed by atoms with Crippen LogP contribution in [-0.2, 0) is 0 Å². The van der Waals surface area contributed by atoms with Crippen LogP contribution in [0.1, 0.15) is 15.9 Å². The molecule has 0 aliphatic heterocycles. The highest BCUT2D eigenvalue weighted by Gasteiger charge is 2.21. The van der Waals surface area contributed by atoms with E-state index in [4.69, 9.17) is 50.8 Å². The standard InChI is InChI=1S/C11H4Cl4O2/c12-6-3-7(13)9(14)10(15)8(6)11(16)5-1-2-17-4-5/h1-4H. The monoisotopic (exact) mass is 308 g/mol. The van der Waals surface area contributed by atoms with E-state index in [1.807, 2.05) is 0 Å². The van der Waals surface area contributed by atoms with Crippen LogP contribution in [0.15, 0.2) is 29.1 Å². The van der Waals surface area contributed by atoms with E-state index in [0.29, 0.717) is 5.56 Å². The highest BCUT2D eigenvalue weighted by atomic mass is 35.5. The second-order valence-corrected chi connectivity index (χ2v) is 4.75. The Hall–Kier alpha value is -0.670. The molecule has 0 N–H and O–H groups in total. The van der Waals surface area contributed by atoms with Gasteiger partial charge in [-0.25, -0.2) is 0 Å². The molecule has 1 heterocycles. The molecule has 0 unspecified atom stereocenters. The van der Waals surface area contributed by atoms with E-state index in [1.165, 1.54) is 24.7 Å². The van der Waals surface area contributed by atoms with E-state index in [1.54, 1.807) is 0 Å². The zero-order chi connectivity index (χ0) is 12.6. The van der Waals surface area contributed by atoms with E-state index in [9.17, 15) is 4.79 Å². The lowest BCUT2D eigenvalue weighted by molar-refractivity contribution is 0.103.